The van der Waals surface area contributed by atoms with Crippen LogP contribution in [-0.2, 0) is 4.79 Å². The van der Waals surface area contributed by atoms with Crippen molar-refractivity contribution in [3.8, 4) is 0 Å². The number of aromatic nitrogens is 2. The Kier molecular flexibility index (Phi) is 5.10. The van der Waals surface area contributed by atoms with Crippen LogP contribution in [0.1, 0.15) is 55.9 Å². The van der Waals surface area contributed by atoms with Gasteiger partial charge in [-0.05, 0) is 32.2 Å². The molecule has 3 aliphatic rings. The van der Waals surface area contributed by atoms with Crippen molar-refractivity contribution in [2.24, 2.45) is 0 Å². The van der Waals surface area contributed by atoms with E-state index in [-0.39, 0.29) is 5.91 Å². The molecule has 1 aliphatic carbocycles. The van der Waals surface area contributed by atoms with Crippen molar-refractivity contribution in [2.75, 3.05) is 38.0 Å². The van der Waals surface area contributed by atoms with Crippen molar-refractivity contribution in [2.45, 2.75) is 56.9 Å². The first-order valence-electron chi connectivity index (χ1n) is 9.37. The van der Waals surface area contributed by atoms with E-state index in [0.717, 1.165) is 24.6 Å². The number of amides is 1. The van der Waals surface area contributed by atoms with Crippen LogP contribution in [0.5, 0.6) is 0 Å². The molecular weight excluding hydrogens is 322 g/mol. The second kappa shape index (κ2) is 7.45. The Morgan fingerprint density at radius 3 is 2.83 bits per heavy atom. The molecule has 2 aliphatic heterocycles. The maximum absolute atomic E-state index is 12.3. The van der Waals surface area contributed by atoms with E-state index in [1.165, 1.54) is 51.5 Å². The minimum Gasteiger partial charge on any atom is -0.299 e. The molecule has 1 N–H and O–H groups in total. The summed E-state index contributed by atoms with van der Waals surface area (Å²) < 4.78 is 0. The Morgan fingerprint density at radius 1 is 1.08 bits per heavy atom. The summed E-state index contributed by atoms with van der Waals surface area (Å²) in [5, 5.41) is 13.2. The molecule has 7 heteroatoms. The van der Waals surface area contributed by atoms with Crippen LogP contribution in [0.25, 0.3) is 0 Å². The summed E-state index contributed by atoms with van der Waals surface area (Å²) in [6.45, 7) is 4.83. The lowest BCUT2D eigenvalue weighted by Crippen LogP contribution is -2.51. The monoisotopic (exact) mass is 349 g/mol. The van der Waals surface area contributed by atoms with E-state index in [0.29, 0.717) is 23.6 Å². The average molecular weight is 350 g/mol. The quantitative estimate of drug-likeness (QED) is 0.904. The Bertz CT molecular complexity index is 571. The highest BCUT2D eigenvalue weighted by Gasteiger charge is 2.31. The van der Waals surface area contributed by atoms with Crippen LogP contribution in [0.4, 0.5) is 5.13 Å². The van der Waals surface area contributed by atoms with E-state index in [1.54, 1.807) is 11.3 Å². The van der Waals surface area contributed by atoms with E-state index < -0.39 is 0 Å². The Balaban J connectivity index is 1.27. The summed E-state index contributed by atoms with van der Waals surface area (Å²) in [6.07, 6.45) is 8.94. The molecule has 0 spiro atoms. The molecule has 6 nitrogen and oxygen atoms in total. The van der Waals surface area contributed by atoms with E-state index in [9.17, 15) is 4.79 Å². The number of anilines is 1. The Labute approximate surface area is 147 Å². The summed E-state index contributed by atoms with van der Waals surface area (Å²) in [7, 11) is 0. The molecule has 1 aromatic heterocycles. The molecule has 1 aromatic rings. The van der Waals surface area contributed by atoms with Crippen LogP contribution in [-0.4, -0.2) is 64.7 Å². The van der Waals surface area contributed by atoms with Gasteiger partial charge in [-0.15, -0.1) is 10.2 Å². The van der Waals surface area contributed by atoms with Gasteiger partial charge in [0.05, 0.1) is 6.54 Å². The molecule has 0 radical (unpaired) electrons. The molecular formula is C17H27N5OS. The van der Waals surface area contributed by atoms with Gasteiger partial charge in [-0.3, -0.25) is 19.9 Å². The van der Waals surface area contributed by atoms with Crippen molar-refractivity contribution in [1.29, 1.82) is 0 Å². The molecule has 24 heavy (non-hydrogen) atoms. The van der Waals surface area contributed by atoms with Gasteiger partial charge in [0, 0.05) is 31.6 Å². The van der Waals surface area contributed by atoms with Gasteiger partial charge in [-0.25, -0.2) is 0 Å². The molecule has 0 aromatic carbocycles. The zero-order valence-corrected chi connectivity index (χ0v) is 15.1. The lowest BCUT2D eigenvalue weighted by molar-refractivity contribution is -0.117. The minimum atomic E-state index is 0.0489. The molecule has 0 unspecified atom stereocenters. The minimum absolute atomic E-state index is 0.0489. The van der Waals surface area contributed by atoms with Crippen molar-refractivity contribution < 1.29 is 4.79 Å². The second-order valence-corrected chi connectivity index (χ2v) is 8.40. The number of hydrogen-bond donors (Lipinski definition) is 1. The molecule has 132 valence electrons. The standard InChI is InChI=1S/C17H27N5OS/c23-15(12-21-9-10-22-8-4-7-14(22)11-21)18-17-20-19-16(24-17)13-5-2-1-3-6-13/h13-14H,1-12H2,(H,18,20,23)/t14-/m0/s1. The molecule has 2 saturated heterocycles. The van der Waals surface area contributed by atoms with Gasteiger partial charge in [-0.2, -0.15) is 0 Å². The molecule has 4 rings (SSSR count). The molecule has 1 saturated carbocycles. The van der Waals surface area contributed by atoms with E-state index in [4.69, 9.17) is 0 Å². The van der Waals surface area contributed by atoms with Gasteiger partial charge in [-0.1, -0.05) is 30.6 Å². The summed E-state index contributed by atoms with van der Waals surface area (Å²) in [5.41, 5.74) is 0. The lowest BCUT2D eigenvalue weighted by atomic mass is 9.90. The Morgan fingerprint density at radius 2 is 1.96 bits per heavy atom. The van der Waals surface area contributed by atoms with Gasteiger partial charge >= 0.3 is 0 Å². The first-order valence-corrected chi connectivity index (χ1v) is 10.2. The van der Waals surface area contributed by atoms with Crippen LogP contribution >= 0.6 is 11.3 Å². The zero-order chi connectivity index (χ0) is 16.4. The fourth-order valence-corrected chi connectivity index (χ4v) is 5.29. The first-order chi connectivity index (χ1) is 11.8. The third kappa shape index (κ3) is 3.78. The van der Waals surface area contributed by atoms with E-state index in [2.05, 4.69) is 25.3 Å². The highest BCUT2D eigenvalue weighted by Crippen LogP contribution is 2.35. The molecule has 1 atom stereocenters. The molecule has 3 heterocycles. The van der Waals surface area contributed by atoms with Gasteiger partial charge in [0.25, 0.3) is 0 Å². The van der Waals surface area contributed by atoms with E-state index in [1.807, 2.05) is 0 Å². The van der Waals surface area contributed by atoms with Crippen LogP contribution in [0.15, 0.2) is 0 Å². The summed E-state index contributed by atoms with van der Waals surface area (Å²) in [5.74, 6) is 0.602. The Hall–Kier alpha value is -1.05. The number of fused-ring (bicyclic) bond motifs is 1. The van der Waals surface area contributed by atoms with Gasteiger partial charge in [0.15, 0.2) is 0 Å². The number of piperazine rings is 1. The number of carbonyl (C=O) groups excluding carboxylic acids is 1. The fraction of sp³-hybridized carbons (Fsp3) is 0.824. The second-order valence-electron chi connectivity index (χ2n) is 7.40. The predicted octanol–water partition coefficient (Wildman–Crippen LogP) is 2.30. The van der Waals surface area contributed by atoms with Crippen molar-refractivity contribution in [1.82, 2.24) is 20.0 Å². The van der Waals surface area contributed by atoms with Crippen LogP contribution < -0.4 is 5.32 Å². The third-order valence-electron chi connectivity index (χ3n) is 5.68. The zero-order valence-electron chi connectivity index (χ0n) is 14.2. The van der Waals surface area contributed by atoms with Crippen molar-refractivity contribution >= 4 is 22.4 Å². The summed E-state index contributed by atoms with van der Waals surface area (Å²) in [4.78, 5) is 17.2. The summed E-state index contributed by atoms with van der Waals surface area (Å²) >= 11 is 1.56. The lowest BCUT2D eigenvalue weighted by Gasteiger charge is -2.36. The fourth-order valence-electron chi connectivity index (χ4n) is 4.36. The van der Waals surface area contributed by atoms with Crippen LogP contribution in [0.2, 0.25) is 0 Å². The predicted molar refractivity (Wildman–Crippen MR) is 95.4 cm³/mol. The normalized spacial score (nSPS) is 26.4. The van der Waals surface area contributed by atoms with Crippen molar-refractivity contribution in [3.63, 3.8) is 0 Å². The summed E-state index contributed by atoms with van der Waals surface area (Å²) in [6, 6.07) is 0.658. The number of carbonyl (C=O) groups is 1. The number of nitrogens with zero attached hydrogens (tertiary/aromatic N) is 4. The number of nitrogens with one attached hydrogen (secondary N) is 1. The van der Waals surface area contributed by atoms with Crippen molar-refractivity contribution in [3.05, 3.63) is 5.01 Å². The molecule has 3 fully saturated rings. The van der Waals surface area contributed by atoms with Crippen LogP contribution in [0, 0.1) is 0 Å². The third-order valence-corrected chi connectivity index (χ3v) is 6.68. The smallest absolute Gasteiger partial charge is 0.240 e. The molecule has 0 bridgehead atoms. The van der Waals surface area contributed by atoms with Crippen LogP contribution in [0.3, 0.4) is 0 Å². The van der Waals surface area contributed by atoms with Gasteiger partial charge in [0.1, 0.15) is 5.01 Å². The maximum atomic E-state index is 12.3. The van der Waals surface area contributed by atoms with E-state index >= 15 is 0 Å². The average Bonchev–Trinajstić information content (AvgIpc) is 3.24. The number of hydrogen-bond acceptors (Lipinski definition) is 6. The first kappa shape index (κ1) is 16.4. The molecule has 1 amide bonds. The topological polar surface area (TPSA) is 61.4 Å². The number of rotatable bonds is 4. The van der Waals surface area contributed by atoms with Gasteiger partial charge < -0.3 is 0 Å². The maximum Gasteiger partial charge on any atom is 0.240 e. The van der Waals surface area contributed by atoms with Gasteiger partial charge in [0.2, 0.25) is 11.0 Å². The largest absolute Gasteiger partial charge is 0.299 e. The SMILES string of the molecule is O=C(CN1CCN2CCC[C@H]2C1)Nc1nnc(C2CCCCC2)s1. The highest BCUT2D eigenvalue weighted by atomic mass is 32.1. The highest BCUT2D eigenvalue weighted by molar-refractivity contribution is 7.15.